The van der Waals surface area contributed by atoms with Crippen molar-refractivity contribution in [1.82, 2.24) is 0 Å². The number of sulfone groups is 1. The van der Waals surface area contributed by atoms with Gasteiger partial charge in [-0.05, 0) is 37.6 Å². The van der Waals surface area contributed by atoms with Gasteiger partial charge in [0, 0.05) is 5.69 Å². The molecular formula is C15H18ClNO5S. The fourth-order valence-corrected chi connectivity index (χ4v) is 4.40. The summed E-state index contributed by atoms with van der Waals surface area (Å²) in [7, 11) is -3.13. The first kappa shape index (κ1) is 17.7. The van der Waals surface area contributed by atoms with Crippen LogP contribution in [0.25, 0.3) is 0 Å². The van der Waals surface area contributed by atoms with Crippen molar-refractivity contribution >= 4 is 39.0 Å². The molecule has 1 aliphatic heterocycles. The van der Waals surface area contributed by atoms with Crippen molar-refractivity contribution in [3.05, 3.63) is 29.8 Å². The molecule has 1 aliphatic rings. The second kappa shape index (κ2) is 7.31. The number of esters is 1. The molecule has 23 heavy (non-hydrogen) atoms. The Bertz CT molecular complexity index is 686. The van der Waals surface area contributed by atoms with Crippen LogP contribution in [0.5, 0.6) is 0 Å². The van der Waals surface area contributed by atoms with Crippen molar-refractivity contribution in [3.8, 4) is 0 Å². The molecule has 0 spiro atoms. The van der Waals surface area contributed by atoms with Crippen molar-refractivity contribution in [2.24, 2.45) is 0 Å². The fourth-order valence-electron chi connectivity index (χ4n) is 2.57. The standard InChI is InChI=1S/C15H18ClNO5S/c1-2-22-15(19)11-3-5-12(6-4-11)17(14(18)9-16)13-7-8-23(20,21)10-13/h3-6,13H,2,7-10H2,1H3/t13-/m1/s1. The van der Waals surface area contributed by atoms with E-state index in [1.54, 1.807) is 31.2 Å². The molecule has 0 aliphatic carbocycles. The molecule has 0 unspecified atom stereocenters. The molecule has 126 valence electrons. The summed E-state index contributed by atoms with van der Waals surface area (Å²) in [6.07, 6.45) is 0.380. The number of amides is 1. The van der Waals surface area contributed by atoms with Gasteiger partial charge in [0.25, 0.3) is 0 Å². The summed E-state index contributed by atoms with van der Waals surface area (Å²) in [4.78, 5) is 25.2. The van der Waals surface area contributed by atoms with E-state index >= 15 is 0 Å². The van der Waals surface area contributed by atoms with Crippen molar-refractivity contribution < 1.29 is 22.7 Å². The maximum atomic E-state index is 12.1. The highest BCUT2D eigenvalue weighted by Gasteiger charge is 2.35. The Morgan fingerprint density at radius 1 is 1.30 bits per heavy atom. The molecular weight excluding hydrogens is 342 g/mol. The zero-order valence-electron chi connectivity index (χ0n) is 12.7. The van der Waals surface area contributed by atoms with Crippen molar-refractivity contribution in [1.29, 1.82) is 0 Å². The number of hydrogen-bond donors (Lipinski definition) is 0. The Morgan fingerprint density at radius 2 is 1.96 bits per heavy atom. The number of carbonyl (C=O) groups is 2. The highest BCUT2D eigenvalue weighted by atomic mass is 35.5. The van der Waals surface area contributed by atoms with Gasteiger partial charge in [0.2, 0.25) is 5.91 Å². The molecule has 0 saturated carbocycles. The topological polar surface area (TPSA) is 80.8 Å². The zero-order valence-corrected chi connectivity index (χ0v) is 14.3. The van der Waals surface area contributed by atoms with Gasteiger partial charge in [-0.3, -0.25) is 4.79 Å². The molecule has 1 atom stereocenters. The van der Waals surface area contributed by atoms with Crippen LogP contribution >= 0.6 is 11.6 Å². The predicted octanol–water partition coefficient (Wildman–Crippen LogP) is 1.62. The molecule has 1 heterocycles. The maximum Gasteiger partial charge on any atom is 0.338 e. The fraction of sp³-hybridized carbons (Fsp3) is 0.467. The Kier molecular flexibility index (Phi) is 5.64. The maximum absolute atomic E-state index is 12.1. The van der Waals surface area contributed by atoms with E-state index in [2.05, 4.69) is 0 Å². The van der Waals surface area contributed by atoms with E-state index in [1.165, 1.54) is 4.90 Å². The Balaban J connectivity index is 2.26. The molecule has 1 aromatic carbocycles. The molecule has 6 nitrogen and oxygen atoms in total. The van der Waals surface area contributed by atoms with E-state index in [4.69, 9.17) is 16.3 Å². The minimum atomic E-state index is -3.13. The smallest absolute Gasteiger partial charge is 0.338 e. The molecule has 0 N–H and O–H groups in total. The third-order valence-electron chi connectivity index (χ3n) is 3.61. The normalized spacial score (nSPS) is 19.3. The molecule has 2 rings (SSSR count). The lowest BCUT2D eigenvalue weighted by Gasteiger charge is -2.27. The molecule has 1 amide bonds. The van der Waals surface area contributed by atoms with E-state index in [1.807, 2.05) is 0 Å². The number of hydrogen-bond acceptors (Lipinski definition) is 5. The first-order valence-electron chi connectivity index (χ1n) is 7.23. The number of halogens is 1. The Hall–Kier alpha value is -1.60. The van der Waals surface area contributed by atoms with E-state index in [0.717, 1.165) is 0 Å². The van der Waals surface area contributed by atoms with Crippen LogP contribution in [0.2, 0.25) is 0 Å². The van der Waals surface area contributed by atoms with Crippen LogP contribution in [-0.2, 0) is 19.4 Å². The highest BCUT2D eigenvalue weighted by molar-refractivity contribution is 7.91. The average Bonchev–Trinajstić information content (AvgIpc) is 2.88. The third kappa shape index (κ3) is 4.23. The highest BCUT2D eigenvalue weighted by Crippen LogP contribution is 2.25. The van der Waals surface area contributed by atoms with Gasteiger partial charge in [-0.15, -0.1) is 11.6 Å². The van der Waals surface area contributed by atoms with Gasteiger partial charge in [-0.2, -0.15) is 0 Å². The van der Waals surface area contributed by atoms with Crippen molar-refractivity contribution in [2.45, 2.75) is 19.4 Å². The van der Waals surface area contributed by atoms with Crippen molar-refractivity contribution in [2.75, 3.05) is 28.9 Å². The number of nitrogens with zero attached hydrogens (tertiary/aromatic N) is 1. The van der Waals surface area contributed by atoms with E-state index in [9.17, 15) is 18.0 Å². The predicted molar refractivity (Wildman–Crippen MR) is 87.7 cm³/mol. The van der Waals surface area contributed by atoms with Gasteiger partial charge in [0.1, 0.15) is 5.88 Å². The van der Waals surface area contributed by atoms with E-state index in [-0.39, 0.29) is 29.9 Å². The number of alkyl halides is 1. The SMILES string of the molecule is CCOC(=O)c1ccc(N(C(=O)CCl)[C@@H]2CCS(=O)(=O)C2)cc1. The van der Waals surface area contributed by atoms with Crippen LogP contribution in [-0.4, -0.2) is 50.3 Å². The van der Waals surface area contributed by atoms with Crippen LogP contribution in [0.1, 0.15) is 23.7 Å². The van der Waals surface area contributed by atoms with Crippen molar-refractivity contribution in [3.63, 3.8) is 0 Å². The number of anilines is 1. The van der Waals surface area contributed by atoms with Crippen LogP contribution in [0.3, 0.4) is 0 Å². The zero-order chi connectivity index (χ0) is 17.0. The van der Waals surface area contributed by atoms with Gasteiger partial charge in [-0.1, -0.05) is 0 Å². The number of rotatable bonds is 5. The number of carbonyl (C=O) groups excluding carboxylic acids is 2. The first-order valence-corrected chi connectivity index (χ1v) is 9.59. The van der Waals surface area contributed by atoms with Crippen LogP contribution in [0.4, 0.5) is 5.69 Å². The lowest BCUT2D eigenvalue weighted by Crippen LogP contribution is -2.42. The third-order valence-corrected chi connectivity index (χ3v) is 5.59. The minimum absolute atomic E-state index is 0.0602. The van der Waals surface area contributed by atoms with Crippen LogP contribution in [0.15, 0.2) is 24.3 Å². The van der Waals surface area contributed by atoms with E-state index in [0.29, 0.717) is 17.7 Å². The molecule has 0 aromatic heterocycles. The summed E-state index contributed by atoms with van der Waals surface area (Å²) in [6, 6.07) is 5.86. The molecule has 0 radical (unpaired) electrons. The number of benzene rings is 1. The summed E-state index contributed by atoms with van der Waals surface area (Å²) in [5, 5.41) is 0. The van der Waals surface area contributed by atoms with Gasteiger partial charge < -0.3 is 9.64 Å². The van der Waals surface area contributed by atoms with Crippen LogP contribution in [0, 0.1) is 0 Å². The summed E-state index contributed by atoms with van der Waals surface area (Å²) < 4.78 is 28.2. The minimum Gasteiger partial charge on any atom is -0.462 e. The van der Waals surface area contributed by atoms with Crippen LogP contribution < -0.4 is 4.90 Å². The summed E-state index contributed by atoms with van der Waals surface area (Å²) in [5.41, 5.74) is 0.888. The molecule has 1 fully saturated rings. The first-order chi connectivity index (χ1) is 10.9. The molecule has 1 saturated heterocycles. The average molecular weight is 360 g/mol. The van der Waals surface area contributed by atoms with Gasteiger partial charge in [0.15, 0.2) is 9.84 Å². The largest absolute Gasteiger partial charge is 0.462 e. The molecule has 8 heteroatoms. The molecule has 1 aromatic rings. The second-order valence-electron chi connectivity index (χ2n) is 5.22. The summed E-state index contributed by atoms with van der Waals surface area (Å²) in [6.45, 7) is 1.99. The van der Waals surface area contributed by atoms with E-state index < -0.39 is 21.8 Å². The molecule has 0 bridgehead atoms. The number of ether oxygens (including phenoxy) is 1. The Morgan fingerprint density at radius 3 is 2.43 bits per heavy atom. The monoisotopic (exact) mass is 359 g/mol. The van der Waals surface area contributed by atoms with Gasteiger partial charge in [0.05, 0.1) is 29.7 Å². The van der Waals surface area contributed by atoms with Gasteiger partial charge in [-0.25, -0.2) is 13.2 Å². The summed E-state index contributed by atoms with van der Waals surface area (Å²) >= 11 is 5.65. The second-order valence-corrected chi connectivity index (χ2v) is 7.72. The summed E-state index contributed by atoms with van der Waals surface area (Å²) in [5.74, 6) is -1.06. The lowest BCUT2D eigenvalue weighted by molar-refractivity contribution is -0.116. The Labute approximate surface area is 140 Å². The lowest BCUT2D eigenvalue weighted by atomic mass is 10.1. The van der Waals surface area contributed by atoms with Gasteiger partial charge >= 0.3 is 5.97 Å². The quantitative estimate of drug-likeness (QED) is 0.589.